The van der Waals surface area contributed by atoms with Gasteiger partial charge in [-0.15, -0.1) is 0 Å². The van der Waals surface area contributed by atoms with Gasteiger partial charge in [0.05, 0.1) is 0 Å². The third-order valence-corrected chi connectivity index (χ3v) is 6.53. The molecule has 140 valence electrons. The summed E-state index contributed by atoms with van der Waals surface area (Å²) in [5.74, 6) is 3.10. The van der Waals surface area contributed by atoms with E-state index in [0.29, 0.717) is 24.1 Å². The second-order valence-electron chi connectivity index (χ2n) is 8.32. The standard InChI is InChI=1S/C21H27NO4/c23-19(24)12-26-18-3-1-13(2-4-18)5-6-22-21(25)20-16-8-14-7-15(10-16)11-17(20)9-14/h1-4,14-17,20H,5-12H2,(H,22,25)(H,23,24). The first kappa shape index (κ1) is 17.4. The van der Waals surface area contributed by atoms with Crippen LogP contribution in [0.3, 0.4) is 0 Å². The quantitative estimate of drug-likeness (QED) is 0.787. The lowest BCUT2D eigenvalue weighted by atomic mass is 9.51. The van der Waals surface area contributed by atoms with Crippen molar-refractivity contribution < 1.29 is 19.4 Å². The summed E-state index contributed by atoms with van der Waals surface area (Å²) in [6.45, 7) is 0.317. The van der Waals surface area contributed by atoms with Gasteiger partial charge in [0.2, 0.25) is 5.91 Å². The Bertz CT molecular complexity index is 641. The summed E-state index contributed by atoms with van der Waals surface area (Å²) in [4.78, 5) is 23.2. The molecule has 5 rings (SSSR count). The molecule has 4 saturated carbocycles. The van der Waals surface area contributed by atoms with Gasteiger partial charge in [0.1, 0.15) is 5.75 Å². The van der Waals surface area contributed by atoms with E-state index in [2.05, 4.69) is 5.32 Å². The average Bonchev–Trinajstić information content (AvgIpc) is 2.60. The van der Waals surface area contributed by atoms with Crippen molar-refractivity contribution in [2.24, 2.45) is 29.6 Å². The van der Waals surface area contributed by atoms with Crippen molar-refractivity contribution in [3.63, 3.8) is 0 Å². The van der Waals surface area contributed by atoms with E-state index in [1.54, 1.807) is 12.1 Å². The highest BCUT2D eigenvalue weighted by molar-refractivity contribution is 5.79. The summed E-state index contributed by atoms with van der Waals surface area (Å²) in [6, 6.07) is 7.40. The Labute approximate surface area is 154 Å². The maximum absolute atomic E-state index is 12.7. The number of amides is 1. The molecule has 4 bridgehead atoms. The van der Waals surface area contributed by atoms with Crippen molar-refractivity contribution in [2.45, 2.75) is 38.5 Å². The molecule has 5 nitrogen and oxygen atoms in total. The minimum absolute atomic E-state index is 0.245. The molecular formula is C21H27NO4. The molecule has 0 aliphatic heterocycles. The summed E-state index contributed by atoms with van der Waals surface area (Å²) in [7, 11) is 0. The summed E-state index contributed by atoms with van der Waals surface area (Å²) < 4.78 is 5.13. The van der Waals surface area contributed by atoms with E-state index in [1.807, 2.05) is 12.1 Å². The second-order valence-corrected chi connectivity index (χ2v) is 8.32. The number of carboxylic acids is 1. The highest BCUT2D eigenvalue weighted by Crippen LogP contribution is 2.56. The molecule has 4 aliphatic carbocycles. The Morgan fingerprint density at radius 3 is 2.19 bits per heavy atom. The number of carbonyl (C=O) groups is 2. The van der Waals surface area contributed by atoms with Gasteiger partial charge >= 0.3 is 5.97 Å². The largest absolute Gasteiger partial charge is 0.482 e. The highest BCUT2D eigenvalue weighted by atomic mass is 16.5. The SMILES string of the molecule is O=C(O)COc1ccc(CCNC(=O)C2C3CC4CC(C3)CC2C4)cc1. The normalized spacial score (nSPS) is 31.6. The second kappa shape index (κ2) is 7.29. The van der Waals surface area contributed by atoms with E-state index in [0.717, 1.165) is 23.8 Å². The minimum Gasteiger partial charge on any atom is -0.482 e. The third kappa shape index (κ3) is 3.71. The maximum atomic E-state index is 12.7. The lowest BCUT2D eigenvalue weighted by Gasteiger charge is -2.53. The molecule has 1 amide bonds. The zero-order chi connectivity index (χ0) is 18.1. The average molecular weight is 357 g/mol. The zero-order valence-corrected chi connectivity index (χ0v) is 15.0. The number of aliphatic carboxylic acids is 1. The fraction of sp³-hybridized carbons (Fsp3) is 0.619. The van der Waals surface area contributed by atoms with Crippen LogP contribution < -0.4 is 10.1 Å². The van der Waals surface area contributed by atoms with Crippen molar-refractivity contribution in [3.8, 4) is 5.75 Å². The van der Waals surface area contributed by atoms with Gasteiger partial charge in [0.15, 0.2) is 6.61 Å². The summed E-state index contributed by atoms with van der Waals surface area (Å²) in [6.07, 6.45) is 7.25. The molecule has 0 heterocycles. The van der Waals surface area contributed by atoms with Crippen LogP contribution in [0.1, 0.15) is 37.7 Å². The van der Waals surface area contributed by atoms with Gasteiger partial charge in [-0.2, -0.15) is 0 Å². The molecule has 0 radical (unpaired) electrons. The van der Waals surface area contributed by atoms with Crippen LogP contribution in [0.5, 0.6) is 5.75 Å². The Morgan fingerprint density at radius 2 is 1.62 bits per heavy atom. The number of hydrogen-bond donors (Lipinski definition) is 2. The smallest absolute Gasteiger partial charge is 0.341 e. The topological polar surface area (TPSA) is 75.6 Å². The number of ether oxygens (including phenoxy) is 1. The Kier molecular flexibility index (Phi) is 4.88. The van der Waals surface area contributed by atoms with Crippen molar-refractivity contribution in [1.29, 1.82) is 0 Å². The first-order valence-electron chi connectivity index (χ1n) is 9.79. The van der Waals surface area contributed by atoms with Crippen LogP contribution in [-0.2, 0) is 16.0 Å². The predicted octanol–water partition coefficient (Wildman–Crippen LogP) is 2.88. The van der Waals surface area contributed by atoms with Crippen molar-refractivity contribution >= 4 is 11.9 Å². The van der Waals surface area contributed by atoms with Crippen LogP contribution in [0.4, 0.5) is 0 Å². The molecule has 1 aromatic rings. The Hall–Kier alpha value is -2.04. The van der Waals surface area contributed by atoms with Crippen molar-refractivity contribution in [2.75, 3.05) is 13.2 Å². The fourth-order valence-electron chi connectivity index (χ4n) is 5.70. The fourth-order valence-corrected chi connectivity index (χ4v) is 5.70. The van der Waals surface area contributed by atoms with E-state index >= 15 is 0 Å². The molecule has 2 N–H and O–H groups in total. The number of rotatable bonds is 7. The Balaban J connectivity index is 1.24. The lowest BCUT2D eigenvalue weighted by Crippen LogP contribution is -2.51. The van der Waals surface area contributed by atoms with Crippen LogP contribution >= 0.6 is 0 Å². The molecule has 0 atom stereocenters. The molecular weight excluding hydrogens is 330 g/mol. The number of hydrogen-bond acceptors (Lipinski definition) is 3. The van der Waals surface area contributed by atoms with Gasteiger partial charge in [-0.1, -0.05) is 12.1 Å². The van der Waals surface area contributed by atoms with Crippen LogP contribution in [0.2, 0.25) is 0 Å². The maximum Gasteiger partial charge on any atom is 0.341 e. The van der Waals surface area contributed by atoms with Crippen LogP contribution in [0.25, 0.3) is 0 Å². The molecule has 5 heteroatoms. The first-order valence-corrected chi connectivity index (χ1v) is 9.79. The van der Waals surface area contributed by atoms with E-state index in [1.165, 1.54) is 32.1 Å². The van der Waals surface area contributed by atoms with Gasteiger partial charge in [-0.3, -0.25) is 4.79 Å². The van der Waals surface area contributed by atoms with Gasteiger partial charge in [0.25, 0.3) is 0 Å². The summed E-state index contributed by atoms with van der Waals surface area (Å²) in [5, 5.41) is 11.8. The number of benzene rings is 1. The van der Waals surface area contributed by atoms with Gasteiger partial charge in [-0.05, 0) is 79.9 Å². The van der Waals surface area contributed by atoms with Crippen LogP contribution in [-0.4, -0.2) is 30.1 Å². The highest BCUT2D eigenvalue weighted by Gasteiger charge is 2.50. The Morgan fingerprint density at radius 1 is 1.00 bits per heavy atom. The number of nitrogens with one attached hydrogen (secondary N) is 1. The van der Waals surface area contributed by atoms with Crippen molar-refractivity contribution in [1.82, 2.24) is 5.32 Å². The molecule has 1 aromatic carbocycles. The molecule has 0 aromatic heterocycles. The summed E-state index contributed by atoms with van der Waals surface area (Å²) >= 11 is 0. The van der Waals surface area contributed by atoms with Gasteiger partial charge in [0, 0.05) is 12.5 Å². The van der Waals surface area contributed by atoms with E-state index < -0.39 is 5.97 Å². The van der Waals surface area contributed by atoms with E-state index in [4.69, 9.17) is 9.84 Å². The van der Waals surface area contributed by atoms with Crippen molar-refractivity contribution in [3.05, 3.63) is 29.8 Å². The van der Waals surface area contributed by atoms with E-state index in [-0.39, 0.29) is 18.4 Å². The zero-order valence-electron chi connectivity index (χ0n) is 15.0. The molecule has 4 fully saturated rings. The number of carbonyl (C=O) groups excluding carboxylic acids is 1. The van der Waals surface area contributed by atoms with Gasteiger partial charge in [-0.25, -0.2) is 4.79 Å². The molecule has 0 unspecified atom stereocenters. The third-order valence-electron chi connectivity index (χ3n) is 6.53. The van der Waals surface area contributed by atoms with E-state index in [9.17, 15) is 9.59 Å². The molecule has 0 saturated heterocycles. The molecule has 26 heavy (non-hydrogen) atoms. The van der Waals surface area contributed by atoms with Crippen LogP contribution in [0.15, 0.2) is 24.3 Å². The first-order chi connectivity index (χ1) is 12.6. The monoisotopic (exact) mass is 357 g/mol. The molecule has 0 spiro atoms. The number of carboxylic acid groups (broad SMARTS) is 1. The minimum atomic E-state index is -0.985. The predicted molar refractivity (Wildman–Crippen MR) is 96.8 cm³/mol. The van der Waals surface area contributed by atoms with Crippen LogP contribution in [0, 0.1) is 29.6 Å². The molecule has 4 aliphatic rings. The lowest BCUT2D eigenvalue weighted by molar-refractivity contribution is -0.139. The van der Waals surface area contributed by atoms with Gasteiger partial charge < -0.3 is 15.2 Å². The summed E-state index contributed by atoms with van der Waals surface area (Å²) in [5.41, 5.74) is 1.11.